The molecule has 1 heterocycles. The molecule has 3 aromatic rings. The third-order valence-electron chi connectivity index (χ3n) is 3.09. The molecular weight excluding hydrogens is 347 g/mol. The molecule has 24 heavy (non-hydrogen) atoms. The number of nitrogens with zero attached hydrogens (tertiary/aromatic N) is 3. The van der Waals surface area contributed by atoms with Crippen LogP contribution in [0.2, 0.25) is 5.02 Å². The van der Waals surface area contributed by atoms with Crippen molar-refractivity contribution in [3.8, 4) is 17.3 Å². The molecule has 118 valence electrons. The Balaban J connectivity index is 1.81. The first-order valence-corrected chi connectivity index (χ1v) is 8.12. The fourth-order valence-corrected chi connectivity index (χ4v) is 2.79. The van der Waals surface area contributed by atoms with Crippen LogP contribution < -0.4 is 5.43 Å². The number of anilines is 1. The average molecular weight is 357 g/mol. The van der Waals surface area contributed by atoms with Gasteiger partial charge in [0, 0.05) is 16.0 Å². The molecule has 0 saturated heterocycles. The minimum Gasteiger partial charge on any atom is -0.277 e. The van der Waals surface area contributed by atoms with Crippen molar-refractivity contribution >= 4 is 34.3 Å². The number of benzene rings is 2. The molecule has 0 spiro atoms. The van der Waals surface area contributed by atoms with Gasteiger partial charge in [0.15, 0.2) is 10.7 Å². The van der Waals surface area contributed by atoms with Crippen molar-refractivity contribution < 1.29 is 4.39 Å². The molecule has 2 aromatic carbocycles. The summed E-state index contributed by atoms with van der Waals surface area (Å²) in [5, 5.41) is 16.3. The highest BCUT2D eigenvalue weighted by Gasteiger charge is 2.10. The summed E-state index contributed by atoms with van der Waals surface area (Å²) in [6, 6.07) is 15.0. The van der Waals surface area contributed by atoms with Crippen molar-refractivity contribution in [2.75, 3.05) is 5.43 Å². The summed E-state index contributed by atoms with van der Waals surface area (Å²) in [6.45, 7) is 0. The van der Waals surface area contributed by atoms with Gasteiger partial charge in [-0.05, 0) is 36.4 Å². The van der Waals surface area contributed by atoms with Gasteiger partial charge in [-0.25, -0.2) is 9.37 Å². The Kier molecular flexibility index (Phi) is 4.85. The van der Waals surface area contributed by atoms with Crippen LogP contribution in [0.25, 0.3) is 11.3 Å². The summed E-state index contributed by atoms with van der Waals surface area (Å²) in [4.78, 5) is 4.43. The Hall–Kier alpha value is -2.75. The Bertz CT molecular complexity index is 911. The molecule has 4 nitrogen and oxygen atoms in total. The van der Waals surface area contributed by atoms with Gasteiger partial charge in [-0.15, -0.1) is 11.3 Å². The zero-order chi connectivity index (χ0) is 16.9. The van der Waals surface area contributed by atoms with Crippen molar-refractivity contribution in [3.63, 3.8) is 0 Å². The second-order valence-corrected chi connectivity index (χ2v) is 6.03. The number of thiazole rings is 1. The number of hydrogen-bond acceptors (Lipinski definition) is 5. The number of nitrogens with one attached hydrogen (secondary N) is 1. The molecular formula is C17H10ClFN4S. The van der Waals surface area contributed by atoms with Crippen molar-refractivity contribution in [2.24, 2.45) is 5.10 Å². The van der Waals surface area contributed by atoms with Gasteiger partial charge in [0.05, 0.1) is 11.4 Å². The first-order chi connectivity index (χ1) is 11.7. The second kappa shape index (κ2) is 7.21. The molecule has 7 heteroatoms. The molecule has 0 aliphatic rings. The van der Waals surface area contributed by atoms with Crippen molar-refractivity contribution in [2.45, 2.75) is 0 Å². The molecule has 3 rings (SSSR count). The van der Waals surface area contributed by atoms with E-state index >= 15 is 0 Å². The number of halogens is 2. The van der Waals surface area contributed by atoms with Crippen LogP contribution in [-0.2, 0) is 0 Å². The molecule has 0 saturated carbocycles. The van der Waals surface area contributed by atoms with Gasteiger partial charge in [0.1, 0.15) is 11.9 Å². The highest BCUT2D eigenvalue weighted by atomic mass is 35.5. The number of rotatable bonds is 4. The van der Waals surface area contributed by atoms with Crippen LogP contribution in [-0.4, -0.2) is 10.7 Å². The highest BCUT2D eigenvalue weighted by Crippen LogP contribution is 2.24. The Labute approximate surface area is 146 Å². The van der Waals surface area contributed by atoms with Gasteiger partial charge in [0.25, 0.3) is 0 Å². The van der Waals surface area contributed by atoms with E-state index in [-0.39, 0.29) is 11.5 Å². The van der Waals surface area contributed by atoms with Gasteiger partial charge >= 0.3 is 0 Å². The molecule has 1 aromatic heterocycles. The number of aromatic nitrogens is 1. The normalized spacial score (nSPS) is 11.1. The summed E-state index contributed by atoms with van der Waals surface area (Å²) < 4.78 is 12.9. The Morgan fingerprint density at radius 2 is 1.88 bits per heavy atom. The van der Waals surface area contributed by atoms with Gasteiger partial charge in [0.2, 0.25) is 0 Å². The lowest BCUT2D eigenvalue weighted by Crippen LogP contribution is -2.01. The largest absolute Gasteiger partial charge is 0.277 e. The third kappa shape index (κ3) is 3.77. The van der Waals surface area contributed by atoms with E-state index in [1.54, 1.807) is 12.1 Å². The molecule has 0 atom stereocenters. The standard InChI is InChI=1S/C17H10ClFN4S/c18-12-3-1-11(2-4-12)16-10-24-17(21-16)15(9-20)23-22-14-7-5-13(19)6-8-14/h1-8,10,22H/b23-15+. The lowest BCUT2D eigenvalue weighted by molar-refractivity contribution is 0.628. The van der Waals surface area contributed by atoms with Crippen molar-refractivity contribution in [1.29, 1.82) is 5.26 Å². The van der Waals surface area contributed by atoms with E-state index in [2.05, 4.69) is 15.5 Å². The van der Waals surface area contributed by atoms with Gasteiger partial charge in [-0.1, -0.05) is 23.7 Å². The summed E-state index contributed by atoms with van der Waals surface area (Å²) in [6.07, 6.45) is 0. The third-order valence-corrected chi connectivity index (χ3v) is 4.19. The minimum atomic E-state index is -0.336. The van der Waals surface area contributed by atoms with Crippen LogP contribution in [0.3, 0.4) is 0 Å². The average Bonchev–Trinajstić information content (AvgIpc) is 3.08. The van der Waals surface area contributed by atoms with E-state index in [1.165, 1.54) is 35.6 Å². The van der Waals surface area contributed by atoms with Crippen LogP contribution in [0.4, 0.5) is 10.1 Å². The lowest BCUT2D eigenvalue weighted by Gasteiger charge is -2.00. The summed E-state index contributed by atoms with van der Waals surface area (Å²) in [7, 11) is 0. The number of hydrogen-bond donors (Lipinski definition) is 1. The van der Waals surface area contributed by atoms with Crippen LogP contribution in [0.5, 0.6) is 0 Å². The van der Waals surface area contributed by atoms with Crippen LogP contribution in [0.15, 0.2) is 59.0 Å². The quantitative estimate of drug-likeness (QED) is 0.532. The first kappa shape index (κ1) is 16.1. The van der Waals surface area contributed by atoms with Gasteiger partial charge < -0.3 is 0 Å². The summed E-state index contributed by atoms with van der Waals surface area (Å²) in [5.74, 6) is -0.336. The van der Waals surface area contributed by atoms with Crippen LogP contribution in [0, 0.1) is 17.1 Å². The molecule has 0 bridgehead atoms. The smallest absolute Gasteiger partial charge is 0.196 e. The van der Waals surface area contributed by atoms with Crippen LogP contribution in [0.1, 0.15) is 5.01 Å². The Morgan fingerprint density at radius 1 is 1.17 bits per heavy atom. The topological polar surface area (TPSA) is 61.1 Å². The SMILES string of the molecule is N#C/C(=N\Nc1ccc(F)cc1)c1nc(-c2ccc(Cl)cc2)cs1. The molecule has 0 radical (unpaired) electrons. The molecule has 0 amide bonds. The molecule has 0 aliphatic carbocycles. The van der Waals surface area contributed by atoms with Gasteiger partial charge in [-0.3, -0.25) is 5.43 Å². The van der Waals surface area contributed by atoms with E-state index in [9.17, 15) is 9.65 Å². The van der Waals surface area contributed by atoms with Crippen molar-refractivity contribution in [1.82, 2.24) is 4.98 Å². The zero-order valence-corrected chi connectivity index (χ0v) is 13.8. The summed E-state index contributed by atoms with van der Waals surface area (Å²) in [5.41, 5.74) is 5.12. The zero-order valence-electron chi connectivity index (χ0n) is 12.2. The fourth-order valence-electron chi connectivity index (χ4n) is 1.90. The minimum absolute atomic E-state index is 0.157. The second-order valence-electron chi connectivity index (χ2n) is 4.74. The molecule has 0 unspecified atom stereocenters. The summed E-state index contributed by atoms with van der Waals surface area (Å²) >= 11 is 7.20. The van der Waals surface area contributed by atoms with E-state index in [0.29, 0.717) is 15.7 Å². The van der Waals surface area contributed by atoms with Gasteiger partial charge in [-0.2, -0.15) is 10.4 Å². The predicted molar refractivity (Wildman–Crippen MR) is 94.7 cm³/mol. The fraction of sp³-hybridized carbons (Fsp3) is 0. The molecule has 0 fully saturated rings. The van der Waals surface area contributed by atoms with Crippen LogP contribution >= 0.6 is 22.9 Å². The Morgan fingerprint density at radius 3 is 2.54 bits per heavy atom. The lowest BCUT2D eigenvalue weighted by atomic mass is 10.2. The molecule has 0 aliphatic heterocycles. The maximum atomic E-state index is 12.9. The number of nitriles is 1. The maximum absolute atomic E-state index is 12.9. The maximum Gasteiger partial charge on any atom is 0.196 e. The van der Waals surface area contributed by atoms with E-state index < -0.39 is 0 Å². The monoisotopic (exact) mass is 356 g/mol. The predicted octanol–water partition coefficient (Wildman–Crippen LogP) is 4.94. The van der Waals surface area contributed by atoms with E-state index in [0.717, 1.165) is 11.3 Å². The highest BCUT2D eigenvalue weighted by molar-refractivity contribution is 7.12. The van der Waals surface area contributed by atoms with E-state index in [4.69, 9.17) is 11.6 Å². The van der Waals surface area contributed by atoms with E-state index in [1.807, 2.05) is 23.6 Å². The number of hydrazone groups is 1. The van der Waals surface area contributed by atoms with Crippen molar-refractivity contribution in [3.05, 3.63) is 69.8 Å². The molecule has 1 N–H and O–H groups in total. The first-order valence-electron chi connectivity index (χ1n) is 6.87.